The predicted octanol–water partition coefficient (Wildman–Crippen LogP) is 3.24. The zero-order chi connectivity index (χ0) is 21.8. The number of aromatic nitrogens is 4. The zero-order valence-corrected chi connectivity index (χ0v) is 18.2. The third-order valence-electron chi connectivity index (χ3n) is 5.22. The van der Waals surface area contributed by atoms with Crippen LogP contribution in [0.3, 0.4) is 0 Å². The van der Waals surface area contributed by atoms with Gasteiger partial charge in [0.05, 0.1) is 23.2 Å². The highest BCUT2D eigenvalue weighted by atomic mass is 16.5. The molecule has 0 atom stereocenters. The Morgan fingerprint density at radius 1 is 1.19 bits per heavy atom. The minimum atomic E-state index is -0.113. The van der Waals surface area contributed by atoms with Crippen LogP contribution in [0, 0.1) is 0 Å². The summed E-state index contributed by atoms with van der Waals surface area (Å²) in [5.41, 5.74) is 3.42. The number of hydrogen-bond acceptors (Lipinski definition) is 6. The van der Waals surface area contributed by atoms with Gasteiger partial charge < -0.3 is 19.9 Å². The Hall–Kier alpha value is -3.39. The van der Waals surface area contributed by atoms with Crippen LogP contribution in [0.25, 0.3) is 21.9 Å². The largest absolute Gasteiger partial charge is 0.494 e. The van der Waals surface area contributed by atoms with Crippen molar-refractivity contribution < 1.29 is 4.74 Å². The average molecular weight is 421 g/mol. The van der Waals surface area contributed by atoms with Gasteiger partial charge in [-0.15, -0.1) is 0 Å². The third-order valence-corrected chi connectivity index (χ3v) is 5.22. The van der Waals surface area contributed by atoms with Gasteiger partial charge in [-0.2, -0.15) is 0 Å². The fourth-order valence-corrected chi connectivity index (χ4v) is 3.66. The molecule has 0 aliphatic heterocycles. The van der Waals surface area contributed by atoms with E-state index in [2.05, 4.69) is 45.3 Å². The molecule has 0 spiro atoms. The van der Waals surface area contributed by atoms with Gasteiger partial charge in [-0.25, -0.2) is 14.8 Å². The maximum atomic E-state index is 12.1. The van der Waals surface area contributed by atoms with E-state index in [1.807, 2.05) is 37.3 Å². The van der Waals surface area contributed by atoms with Crippen LogP contribution >= 0.6 is 0 Å². The number of anilines is 1. The van der Waals surface area contributed by atoms with Gasteiger partial charge in [0.15, 0.2) is 0 Å². The quantitative estimate of drug-likeness (QED) is 0.404. The lowest BCUT2D eigenvalue weighted by molar-refractivity contribution is 0.281. The van der Waals surface area contributed by atoms with Crippen LogP contribution < -0.4 is 15.7 Å². The summed E-state index contributed by atoms with van der Waals surface area (Å²) in [5.74, 6) is 1.60. The van der Waals surface area contributed by atoms with Gasteiger partial charge in [0.1, 0.15) is 17.9 Å². The van der Waals surface area contributed by atoms with Crippen LogP contribution in [-0.2, 0) is 13.1 Å². The van der Waals surface area contributed by atoms with Crippen molar-refractivity contribution in [3.05, 3.63) is 58.8 Å². The van der Waals surface area contributed by atoms with Crippen molar-refractivity contribution in [3.63, 3.8) is 0 Å². The fraction of sp³-hybridized carbons (Fsp3) is 0.348. The molecule has 4 rings (SSSR count). The number of rotatable bonds is 9. The van der Waals surface area contributed by atoms with E-state index in [1.54, 1.807) is 10.9 Å². The van der Waals surface area contributed by atoms with Crippen molar-refractivity contribution in [1.29, 1.82) is 0 Å². The van der Waals surface area contributed by atoms with Crippen molar-refractivity contribution in [2.45, 2.75) is 26.4 Å². The zero-order valence-electron chi connectivity index (χ0n) is 18.2. The van der Waals surface area contributed by atoms with Crippen molar-refractivity contribution in [2.75, 3.05) is 32.6 Å². The van der Waals surface area contributed by atoms with Crippen LogP contribution in [-0.4, -0.2) is 51.7 Å². The molecular formula is C23H28N6O2. The third kappa shape index (κ3) is 4.69. The molecule has 0 aliphatic carbocycles. The van der Waals surface area contributed by atoms with Crippen LogP contribution in [0.2, 0.25) is 0 Å². The summed E-state index contributed by atoms with van der Waals surface area (Å²) in [7, 11) is 4.12. The van der Waals surface area contributed by atoms with Gasteiger partial charge in [-0.1, -0.05) is 12.1 Å². The normalized spacial score (nSPS) is 11.5. The highest BCUT2D eigenvalue weighted by Crippen LogP contribution is 2.25. The molecule has 2 N–H and O–H groups in total. The molecule has 0 aliphatic rings. The SMILES string of the molecule is CCn1c(=O)[nH]c2cc3c(NCc4cccc(OCCCN(C)C)c4)ncnc3cc21. The molecule has 8 heteroatoms. The molecule has 0 amide bonds. The summed E-state index contributed by atoms with van der Waals surface area (Å²) in [4.78, 5) is 26.0. The Morgan fingerprint density at radius 3 is 2.87 bits per heavy atom. The van der Waals surface area contributed by atoms with Gasteiger partial charge in [-0.3, -0.25) is 4.57 Å². The van der Waals surface area contributed by atoms with E-state index in [0.29, 0.717) is 19.7 Å². The van der Waals surface area contributed by atoms with Gasteiger partial charge in [0.25, 0.3) is 0 Å². The number of imidazole rings is 1. The fourth-order valence-electron chi connectivity index (χ4n) is 3.66. The van der Waals surface area contributed by atoms with Crippen molar-refractivity contribution in [3.8, 4) is 5.75 Å². The minimum Gasteiger partial charge on any atom is -0.494 e. The van der Waals surface area contributed by atoms with Gasteiger partial charge in [0, 0.05) is 25.0 Å². The molecule has 162 valence electrons. The highest BCUT2D eigenvalue weighted by molar-refractivity contribution is 5.98. The molecule has 4 aromatic rings. The van der Waals surface area contributed by atoms with Gasteiger partial charge in [-0.05, 0) is 57.3 Å². The first kappa shape index (κ1) is 20.9. The molecule has 2 aromatic heterocycles. The molecule has 0 radical (unpaired) electrons. The number of ether oxygens (including phenoxy) is 1. The number of fused-ring (bicyclic) bond motifs is 2. The van der Waals surface area contributed by atoms with Crippen LogP contribution in [0.1, 0.15) is 18.9 Å². The first-order valence-corrected chi connectivity index (χ1v) is 10.5. The molecule has 0 saturated carbocycles. The first-order chi connectivity index (χ1) is 15.0. The average Bonchev–Trinajstić information content (AvgIpc) is 3.07. The molecule has 31 heavy (non-hydrogen) atoms. The minimum absolute atomic E-state index is 0.113. The maximum absolute atomic E-state index is 12.1. The standard InChI is InChI=1S/C23H28N6O2/c1-4-29-21-13-19-18(12-20(21)27-23(29)30)22(26-15-25-19)24-14-16-7-5-8-17(11-16)31-10-6-9-28(2)3/h5,7-8,11-13,15H,4,6,9-10,14H2,1-3H3,(H,27,30)(H,24,25,26). The summed E-state index contributed by atoms with van der Waals surface area (Å²) in [6, 6.07) is 11.9. The van der Waals surface area contributed by atoms with Gasteiger partial charge in [0.2, 0.25) is 0 Å². The molecular weight excluding hydrogens is 392 g/mol. The van der Waals surface area contributed by atoms with Gasteiger partial charge >= 0.3 is 5.69 Å². The Labute approximate surface area is 180 Å². The maximum Gasteiger partial charge on any atom is 0.326 e. The van der Waals surface area contributed by atoms with Crippen molar-refractivity contribution >= 4 is 27.8 Å². The first-order valence-electron chi connectivity index (χ1n) is 10.5. The molecule has 2 heterocycles. The lowest BCUT2D eigenvalue weighted by atomic mass is 10.2. The summed E-state index contributed by atoms with van der Waals surface area (Å²) >= 11 is 0. The summed E-state index contributed by atoms with van der Waals surface area (Å²) in [6.07, 6.45) is 2.53. The lowest BCUT2D eigenvalue weighted by Crippen LogP contribution is -2.15. The Morgan fingerprint density at radius 2 is 2.06 bits per heavy atom. The highest BCUT2D eigenvalue weighted by Gasteiger charge is 2.11. The van der Waals surface area contributed by atoms with Crippen molar-refractivity contribution in [1.82, 2.24) is 24.4 Å². The smallest absolute Gasteiger partial charge is 0.326 e. The van der Waals surface area contributed by atoms with Crippen LogP contribution in [0.5, 0.6) is 5.75 Å². The predicted molar refractivity (Wildman–Crippen MR) is 124 cm³/mol. The van der Waals surface area contributed by atoms with Crippen LogP contribution in [0.15, 0.2) is 47.5 Å². The number of nitrogens with zero attached hydrogens (tertiary/aromatic N) is 4. The number of hydrogen-bond donors (Lipinski definition) is 2. The Bertz CT molecular complexity index is 1240. The monoisotopic (exact) mass is 420 g/mol. The van der Waals surface area contributed by atoms with E-state index in [-0.39, 0.29) is 5.69 Å². The molecule has 0 bridgehead atoms. The van der Waals surface area contributed by atoms with E-state index >= 15 is 0 Å². The summed E-state index contributed by atoms with van der Waals surface area (Å²) in [6.45, 7) is 4.85. The summed E-state index contributed by atoms with van der Waals surface area (Å²) < 4.78 is 7.58. The molecule has 8 nitrogen and oxygen atoms in total. The van der Waals surface area contributed by atoms with E-state index in [1.165, 1.54) is 0 Å². The second-order valence-corrected chi connectivity index (χ2v) is 7.79. The van der Waals surface area contributed by atoms with E-state index < -0.39 is 0 Å². The number of aromatic amines is 1. The molecule has 0 fully saturated rings. The van der Waals surface area contributed by atoms with E-state index in [0.717, 1.165) is 52.0 Å². The topological polar surface area (TPSA) is 88.1 Å². The van der Waals surface area contributed by atoms with Crippen molar-refractivity contribution in [2.24, 2.45) is 0 Å². The van der Waals surface area contributed by atoms with Crippen LogP contribution in [0.4, 0.5) is 5.82 Å². The lowest BCUT2D eigenvalue weighted by Gasteiger charge is -2.12. The number of H-pyrrole nitrogens is 1. The number of nitrogens with one attached hydrogen (secondary N) is 2. The second kappa shape index (κ2) is 9.18. The summed E-state index contributed by atoms with van der Waals surface area (Å²) in [5, 5.41) is 4.27. The molecule has 0 saturated heterocycles. The number of benzene rings is 2. The number of aryl methyl sites for hydroxylation is 1. The van der Waals surface area contributed by atoms with E-state index in [4.69, 9.17) is 4.74 Å². The Balaban J connectivity index is 1.51. The molecule has 0 unspecified atom stereocenters. The molecule has 2 aromatic carbocycles. The Kier molecular flexibility index (Phi) is 6.18. The van der Waals surface area contributed by atoms with E-state index in [9.17, 15) is 4.79 Å². The second-order valence-electron chi connectivity index (χ2n) is 7.79.